The van der Waals surface area contributed by atoms with Crippen molar-refractivity contribution in [2.45, 2.75) is 46.1 Å². The third kappa shape index (κ3) is 2.81. The van der Waals surface area contributed by atoms with E-state index < -0.39 is 0 Å². The predicted molar refractivity (Wildman–Crippen MR) is 75.2 cm³/mol. The van der Waals surface area contributed by atoms with Crippen LogP contribution in [0.3, 0.4) is 0 Å². The van der Waals surface area contributed by atoms with Crippen LogP contribution in [-0.4, -0.2) is 27.6 Å². The number of rotatable bonds is 5. The van der Waals surface area contributed by atoms with Crippen molar-refractivity contribution in [1.82, 2.24) is 14.5 Å². The van der Waals surface area contributed by atoms with Gasteiger partial charge in [-0.1, -0.05) is 31.2 Å². The monoisotopic (exact) mass is 269 g/mol. The number of nitrogens with zero attached hydrogens (tertiary/aromatic N) is 3. The summed E-state index contributed by atoms with van der Waals surface area (Å²) < 4.78 is 3.94. The SMILES string of the molecule is CCC1(CC)CCN(Cc2nnsc2NN)CC1. The van der Waals surface area contributed by atoms with Gasteiger partial charge in [-0.2, -0.15) is 0 Å². The zero-order valence-corrected chi connectivity index (χ0v) is 12.1. The van der Waals surface area contributed by atoms with Crippen LogP contribution in [0.4, 0.5) is 5.00 Å². The van der Waals surface area contributed by atoms with Gasteiger partial charge in [-0.15, -0.1) is 5.10 Å². The smallest absolute Gasteiger partial charge is 0.148 e. The first kappa shape index (κ1) is 13.7. The Labute approximate surface area is 113 Å². The van der Waals surface area contributed by atoms with Gasteiger partial charge in [0.05, 0.1) is 0 Å². The summed E-state index contributed by atoms with van der Waals surface area (Å²) in [6.45, 7) is 7.81. The molecule has 1 fully saturated rings. The van der Waals surface area contributed by atoms with Crippen molar-refractivity contribution < 1.29 is 0 Å². The lowest BCUT2D eigenvalue weighted by Gasteiger charge is -2.40. The van der Waals surface area contributed by atoms with E-state index in [9.17, 15) is 0 Å². The van der Waals surface area contributed by atoms with Gasteiger partial charge in [0, 0.05) is 18.1 Å². The van der Waals surface area contributed by atoms with Crippen LogP contribution in [0.2, 0.25) is 0 Å². The first-order chi connectivity index (χ1) is 8.73. The van der Waals surface area contributed by atoms with Crippen LogP contribution in [0.25, 0.3) is 0 Å². The molecule has 102 valence electrons. The maximum Gasteiger partial charge on any atom is 0.148 e. The first-order valence-corrected chi connectivity index (χ1v) is 7.50. The van der Waals surface area contributed by atoms with E-state index in [1.54, 1.807) is 0 Å². The highest BCUT2D eigenvalue weighted by Gasteiger charge is 2.31. The summed E-state index contributed by atoms with van der Waals surface area (Å²) in [5.41, 5.74) is 4.22. The van der Waals surface area contributed by atoms with Crippen molar-refractivity contribution in [3.8, 4) is 0 Å². The molecule has 1 aromatic heterocycles. The highest BCUT2D eigenvalue weighted by atomic mass is 32.1. The van der Waals surface area contributed by atoms with E-state index in [2.05, 4.69) is 33.8 Å². The maximum atomic E-state index is 5.45. The fourth-order valence-corrected chi connectivity index (χ4v) is 3.26. The average Bonchev–Trinajstić information content (AvgIpc) is 2.87. The molecule has 1 aliphatic heterocycles. The number of hydrazine groups is 1. The van der Waals surface area contributed by atoms with Crippen LogP contribution in [0.5, 0.6) is 0 Å². The van der Waals surface area contributed by atoms with Crippen molar-refractivity contribution in [3.05, 3.63) is 5.69 Å². The Hall–Kier alpha value is -0.720. The third-order valence-corrected chi connectivity index (χ3v) is 5.18. The fraction of sp³-hybridized carbons (Fsp3) is 0.833. The Balaban J connectivity index is 1.91. The van der Waals surface area contributed by atoms with Crippen molar-refractivity contribution in [1.29, 1.82) is 0 Å². The minimum Gasteiger partial charge on any atom is -0.313 e. The topological polar surface area (TPSA) is 67.1 Å². The molecule has 1 aromatic rings. The summed E-state index contributed by atoms with van der Waals surface area (Å²) in [4.78, 5) is 2.46. The minimum atomic E-state index is 0.575. The van der Waals surface area contributed by atoms with Gasteiger partial charge in [-0.3, -0.25) is 4.90 Å². The molecule has 6 heteroatoms. The second-order valence-electron chi connectivity index (χ2n) is 5.18. The lowest BCUT2D eigenvalue weighted by Crippen LogP contribution is -2.39. The quantitative estimate of drug-likeness (QED) is 0.634. The number of likely N-dealkylation sites (tertiary alicyclic amines) is 1. The Morgan fingerprint density at radius 1 is 1.33 bits per heavy atom. The van der Waals surface area contributed by atoms with Gasteiger partial charge in [0.15, 0.2) is 0 Å². The summed E-state index contributed by atoms with van der Waals surface area (Å²) in [6, 6.07) is 0. The largest absolute Gasteiger partial charge is 0.313 e. The first-order valence-electron chi connectivity index (χ1n) is 6.73. The molecule has 0 radical (unpaired) electrons. The van der Waals surface area contributed by atoms with E-state index in [0.29, 0.717) is 5.41 Å². The number of nitrogens with one attached hydrogen (secondary N) is 1. The molecule has 2 heterocycles. The Bertz CT molecular complexity index is 364. The molecule has 5 nitrogen and oxygen atoms in total. The van der Waals surface area contributed by atoms with Gasteiger partial charge < -0.3 is 5.43 Å². The zero-order valence-electron chi connectivity index (χ0n) is 11.3. The van der Waals surface area contributed by atoms with Gasteiger partial charge in [-0.05, 0) is 31.3 Å². The molecule has 2 rings (SSSR count). The van der Waals surface area contributed by atoms with Crippen LogP contribution < -0.4 is 11.3 Å². The molecule has 0 amide bonds. The van der Waals surface area contributed by atoms with Crippen LogP contribution in [0.1, 0.15) is 45.2 Å². The van der Waals surface area contributed by atoms with Crippen molar-refractivity contribution >= 4 is 16.5 Å². The number of hydrogen-bond acceptors (Lipinski definition) is 6. The summed E-state index contributed by atoms with van der Waals surface area (Å²) in [6.07, 6.45) is 5.18. The van der Waals surface area contributed by atoms with Crippen LogP contribution in [0.15, 0.2) is 0 Å². The van der Waals surface area contributed by atoms with Gasteiger partial charge in [0.2, 0.25) is 0 Å². The van der Waals surface area contributed by atoms with Crippen LogP contribution >= 0.6 is 11.5 Å². The number of hydrogen-bond donors (Lipinski definition) is 2. The van der Waals surface area contributed by atoms with Gasteiger partial charge in [0.1, 0.15) is 10.7 Å². The standard InChI is InChI=1S/C12H23N5S/c1-3-12(4-2)5-7-17(8-6-12)9-10-11(14-13)18-16-15-10/h14H,3-9,13H2,1-2H3. The number of nitrogen functional groups attached to an aromatic ring is 1. The molecule has 1 aliphatic rings. The molecule has 3 N–H and O–H groups in total. The van der Waals surface area contributed by atoms with E-state index >= 15 is 0 Å². The van der Waals surface area contributed by atoms with E-state index in [-0.39, 0.29) is 0 Å². The van der Waals surface area contributed by atoms with Gasteiger partial charge in [0.25, 0.3) is 0 Å². The molecule has 0 aliphatic carbocycles. The molecule has 18 heavy (non-hydrogen) atoms. The number of piperidine rings is 1. The molecule has 0 bridgehead atoms. The molecular weight excluding hydrogens is 246 g/mol. The highest BCUT2D eigenvalue weighted by Crippen LogP contribution is 2.38. The van der Waals surface area contributed by atoms with Crippen LogP contribution in [-0.2, 0) is 6.54 Å². The minimum absolute atomic E-state index is 0.575. The molecule has 0 atom stereocenters. The molecule has 0 unspecified atom stereocenters. The number of aromatic nitrogens is 2. The summed E-state index contributed by atoms with van der Waals surface area (Å²) in [5.74, 6) is 5.45. The molecule has 1 saturated heterocycles. The van der Waals surface area contributed by atoms with Crippen molar-refractivity contribution in [2.75, 3.05) is 18.5 Å². The van der Waals surface area contributed by atoms with Crippen molar-refractivity contribution in [3.63, 3.8) is 0 Å². The molecular formula is C12H23N5S. The van der Waals surface area contributed by atoms with Crippen LogP contribution in [0, 0.1) is 5.41 Å². The van der Waals surface area contributed by atoms with Crippen molar-refractivity contribution in [2.24, 2.45) is 11.3 Å². The molecule has 0 aromatic carbocycles. The number of nitrogens with two attached hydrogens (primary N) is 1. The number of anilines is 1. The molecule has 0 spiro atoms. The fourth-order valence-electron chi connectivity index (χ4n) is 2.78. The lowest BCUT2D eigenvalue weighted by molar-refractivity contribution is 0.0902. The van der Waals surface area contributed by atoms with E-state index in [4.69, 9.17) is 5.84 Å². The maximum absolute atomic E-state index is 5.45. The Morgan fingerprint density at radius 2 is 2.00 bits per heavy atom. The Kier molecular flexibility index (Phi) is 4.53. The zero-order chi connectivity index (χ0) is 13.0. The van der Waals surface area contributed by atoms with E-state index in [1.807, 2.05) is 0 Å². The second-order valence-corrected chi connectivity index (χ2v) is 5.93. The lowest BCUT2D eigenvalue weighted by atomic mass is 9.74. The Morgan fingerprint density at radius 3 is 2.56 bits per heavy atom. The average molecular weight is 269 g/mol. The van der Waals surface area contributed by atoms with Gasteiger partial charge >= 0.3 is 0 Å². The summed E-state index contributed by atoms with van der Waals surface area (Å²) in [5, 5.41) is 5.03. The summed E-state index contributed by atoms with van der Waals surface area (Å²) in [7, 11) is 0. The molecule has 0 saturated carbocycles. The van der Waals surface area contributed by atoms with Gasteiger partial charge in [-0.25, -0.2) is 5.84 Å². The normalized spacial score (nSPS) is 19.9. The second kappa shape index (κ2) is 5.95. The predicted octanol–water partition coefficient (Wildman–Crippen LogP) is 2.23. The third-order valence-electron chi connectivity index (χ3n) is 4.48. The van der Waals surface area contributed by atoms with E-state index in [0.717, 1.165) is 30.3 Å². The summed E-state index contributed by atoms with van der Waals surface area (Å²) >= 11 is 1.32. The highest BCUT2D eigenvalue weighted by molar-refractivity contribution is 7.10. The van der Waals surface area contributed by atoms with E-state index in [1.165, 1.54) is 37.2 Å².